The Bertz CT molecular complexity index is 1040. The molecule has 5 rings (SSSR count). The number of fused-ring (bicyclic) bond motifs is 1. The second-order valence-electron chi connectivity index (χ2n) is 10.2. The molecule has 3 fully saturated rings. The van der Waals surface area contributed by atoms with Crippen molar-refractivity contribution in [2.75, 3.05) is 6.61 Å². The molecule has 35 heavy (non-hydrogen) atoms. The van der Waals surface area contributed by atoms with Crippen molar-refractivity contribution in [1.29, 1.82) is 0 Å². The van der Waals surface area contributed by atoms with E-state index in [4.69, 9.17) is 9.47 Å². The molecular weight excluding hydrogens is 438 g/mol. The zero-order valence-electron chi connectivity index (χ0n) is 20.2. The Kier molecular flexibility index (Phi) is 7.83. The van der Waals surface area contributed by atoms with E-state index in [0.717, 1.165) is 56.1 Å². The quantitative estimate of drug-likeness (QED) is 0.597. The van der Waals surface area contributed by atoms with Crippen molar-refractivity contribution in [2.45, 2.75) is 81.8 Å². The zero-order valence-corrected chi connectivity index (χ0v) is 20.2. The van der Waals surface area contributed by atoms with E-state index in [1.807, 2.05) is 30.3 Å². The van der Waals surface area contributed by atoms with Crippen molar-refractivity contribution in [3.63, 3.8) is 0 Å². The molecule has 5 atom stereocenters. The summed E-state index contributed by atoms with van der Waals surface area (Å²) in [7, 11) is 0. The maximum Gasteiger partial charge on any atom is 0.220 e. The third-order valence-corrected chi connectivity index (χ3v) is 7.36. The summed E-state index contributed by atoms with van der Waals surface area (Å²) in [5, 5.41) is 12.8. The number of amides is 1. The molecule has 0 radical (unpaired) electrons. The van der Waals surface area contributed by atoms with Gasteiger partial charge in [-0.25, -0.2) is 0 Å². The van der Waals surface area contributed by atoms with E-state index in [2.05, 4.69) is 41.4 Å². The average Bonchev–Trinajstić information content (AvgIpc) is 3.71. The van der Waals surface area contributed by atoms with Crippen LogP contribution in [-0.2, 0) is 20.7 Å². The first-order valence-electron chi connectivity index (χ1n) is 13.0. The summed E-state index contributed by atoms with van der Waals surface area (Å²) < 4.78 is 12.6. The van der Waals surface area contributed by atoms with Crippen LogP contribution in [0.4, 0.5) is 0 Å². The molecule has 0 unspecified atom stereocenters. The van der Waals surface area contributed by atoms with Crippen LogP contribution in [0.5, 0.6) is 0 Å². The summed E-state index contributed by atoms with van der Waals surface area (Å²) in [5.74, 6) is 7.11. The highest BCUT2D eigenvalue weighted by Gasteiger charge is 2.42. The largest absolute Gasteiger partial charge is 0.394 e. The lowest BCUT2D eigenvalue weighted by molar-refractivity contribution is -0.202. The number of carbonyl (C=O) groups excluding carboxylic acids is 1. The summed E-state index contributed by atoms with van der Waals surface area (Å²) in [6.45, 7) is 0.0388. The molecule has 1 aliphatic carbocycles. The number of rotatable bonds is 7. The molecule has 2 heterocycles. The molecule has 3 aliphatic rings. The lowest BCUT2D eigenvalue weighted by Gasteiger charge is -2.45. The molecule has 5 heteroatoms. The van der Waals surface area contributed by atoms with Crippen LogP contribution in [-0.4, -0.2) is 48.1 Å². The lowest BCUT2D eigenvalue weighted by atomic mass is 9.88. The van der Waals surface area contributed by atoms with Crippen molar-refractivity contribution in [1.82, 2.24) is 5.32 Å². The van der Waals surface area contributed by atoms with Gasteiger partial charge in [0.1, 0.15) is 0 Å². The van der Waals surface area contributed by atoms with Gasteiger partial charge in [-0.2, -0.15) is 0 Å². The molecule has 0 spiro atoms. The molecule has 2 N–H and O–H groups in total. The van der Waals surface area contributed by atoms with Crippen LogP contribution in [0.15, 0.2) is 54.6 Å². The predicted molar refractivity (Wildman–Crippen MR) is 135 cm³/mol. The van der Waals surface area contributed by atoms with Gasteiger partial charge in [0.15, 0.2) is 0 Å². The Balaban J connectivity index is 1.20. The molecule has 5 nitrogen and oxygen atoms in total. The van der Waals surface area contributed by atoms with Crippen molar-refractivity contribution >= 4 is 5.91 Å². The molecule has 2 aromatic carbocycles. The summed E-state index contributed by atoms with van der Waals surface area (Å²) >= 11 is 0. The number of carbonyl (C=O) groups is 1. The Morgan fingerprint density at radius 2 is 1.66 bits per heavy atom. The van der Waals surface area contributed by atoms with Crippen LogP contribution in [0.1, 0.15) is 61.6 Å². The lowest BCUT2D eigenvalue weighted by Crippen LogP contribution is -2.57. The molecule has 1 saturated carbocycles. The Morgan fingerprint density at radius 1 is 0.914 bits per heavy atom. The van der Waals surface area contributed by atoms with Crippen molar-refractivity contribution in [3.8, 4) is 11.8 Å². The SMILES string of the molecule is O=C(CC1CC1)N[C@H]1C[C@@H]2O[C@H](CO)CC[C@@H]2O[C@@H]1CCc1ccc(C#Cc2ccccc2)cc1. The molecule has 2 saturated heterocycles. The average molecular weight is 474 g/mol. The summed E-state index contributed by atoms with van der Waals surface area (Å²) in [6, 6.07) is 18.4. The minimum absolute atomic E-state index is 0.0359. The first-order chi connectivity index (χ1) is 17.2. The molecule has 0 aromatic heterocycles. The Hall–Kier alpha value is -2.65. The van der Waals surface area contributed by atoms with Gasteiger partial charge in [0.25, 0.3) is 0 Å². The third kappa shape index (κ3) is 6.73. The fourth-order valence-corrected chi connectivity index (χ4v) is 5.16. The van der Waals surface area contributed by atoms with Gasteiger partial charge in [-0.15, -0.1) is 0 Å². The van der Waals surface area contributed by atoms with Gasteiger partial charge in [-0.1, -0.05) is 42.2 Å². The van der Waals surface area contributed by atoms with Crippen molar-refractivity contribution < 1.29 is 19.4 Å². The number of ether oxygens (including phenoxy) is 2. The van der Waals surface area contributed by atoms with E-state index in [1.54, 1.807) is 0 Å². The highest BCUT2D eigenvalue weighted by atomic mass is 16.6. The smallest absolute Gasteiger partial charge is 0.220 e. The van der Waals surface area contributed by atoms with Gasteiger partial charge in [0.05, 0.1) is 37.1 Å². The highest BCUT2D eigenvalue weighted by molar-refractivity contribution is 5.76. The molecular formula is C30H35NO4. The maximum absolute atomic E-state index is 12.6. The molecule has 1 amide bonds. The van der Waals surface area contributed by atoms with Crippen LogP contribution < -0.4 is 5.32 Å². The summed E-state index contributed by atoms with van der Waals surface area (Å²) in [4.78, 5) is 12.6. The number of aliphatic hydroxyl groups is 1. The molecule has 2 aromatic rings. The van der Waals surface area contributed by atoms with E-state index in [-0.39, 0.29) is 43.0 Å². The van der Waals surface area contributed by atoms with Crippen molar-refractivity contribution in [3.05, 3.63) is 71.3 Å². The van der Waals surface area contributed by atoms with Crippen LogP contribution in [0.2, 0.25) is 0 Å². The van der Waals surface area contributed by atoms with Crippen LogP contribution in [0, 0.1) is 17.8 Å². The number of hydrogen-bond donors (Lipinski definition) is 2. The van der Waals surface area contributed by atoms with E-state index >= 15 is 0 Å². The van der Waals surface area contributed by atoms with Crippen LogP contribution in [0.3, 0.4) is 0 Å². The third-order valence-electron chi connectivity index (χ3n) is 7.36. The molecule has 2 aliphatic heterocycles. The second kappa shape index (κ2) is 11.4. The van der Waals surface area contributed by atoms with Crippen molar-refractivity contribution in [2.24, 2.45) is 5.92 Å². The fourth-order valence-electron chi connectivity index (χ4n) is 5.16. The fraction of sp³-hybridized carbons (Fsp3) is 0.500. The molecule has 184 valence electrons. The monoisotopic (exact) mass is 473 g/mol. The number of benzene rings is 2. The Morgan fingerprint density at radius 3 is 2.37 bits per heavy atom. The van der Waals surface area contributed by atoms with Crippen LogP contribution in [0.25, 0.3) is 0 Å². The first-order valence-corrected chi connectivity index (χ1v) is 13.0. The zero-order chi connectivity index (χ0) is 24.0. The van der Waals surface area contributed by atoms with E-state index < -0.39 is 0 Å². The number of aliphatic hydroxyl groups excluding tert-OH is 1. The maximum atomic E-state index is 12.6. The van der Waals surface area contributed by atoms with Gasteiger partial charge in [0, 0.05) is 17.5 Å². The summed E-state index contributed by atoms with van der Waals surface area (Å²) in [6.07, 6.45) is 6.93. The van der Waals surface area contributed by atoms with E-state index in [9.17, 15) is 9.90 Å². The Labute approximate surface area is 208 Å². The van der Waals surface area contributed by atoms with Gasteiger partial charge in [-0.3, -0.25) is 4.79 Å². The normalized spacial score (nSPS) is 27.9. The topological polar surface area (TPSA) is 67.8 Å². The number of hydrogen-bond acceptors (Lipinski definition) is 4. The minimum atomic E-state index is -0.122. The first kappa shape index (κ1) is 24.1. The van der Waals surface area contributed by atoms with E-state index in [0.29, 0.717) is 12.3 Å². The van der Waals surface area contributed by atoms with Gasteiger partial charge in [-0.05, 0) is 80.7 Å². The standard InChI is InChI=1S/C30H35NO4/c32-20-25-15-17-28-29(34-25)19-26(31-30(33)18-24-12-13-24)27(35-28)16-14-23-10-8-22(9-11-23)7-6-21-4-2-1-3-5-21/h1-5,8-11,24-29,32H,12-20H2,(H,31,33)/t25-,26-,27+,28-,29-/m0/s1. The highest BCUT2D eigenvalue weighted by Crippen LogP contribution is 2.35. The van der Waals surface area contributed by atoms with Crippen LogP contribution >= 0.6 is 0 Å². The number of aryl methyl sites for hydroxylation is 1. The van der Waals surface area contributed by atoms with Gasteiger partial charge >= 0.3 is 0 Å². The second-order valence-corrected chi connectivity index (χ2v) is 10.2. The predicted octanol–water partition coefficient (Wildman–Crippen LogP) is 4.00. The number of nitrogens with one attached hydrogen (secondary N) is 1. The van der Waals surface area contributed by atoms with E-state index in [1.165, 1.54) is 5.56 Å². The van der Waals surface area contributed by atoms with Gasteiger partial charge < -0.3 is 19.9 Å². The van der Waals surface area contributed by atoms with Gasteiger partial charge in [0.2, 0.25) is 5.91 Å². The summed E-state index contributed by atoms with van der Waals surface area (Å²) in [5.41, 5.74) is 3.25. The molecule has 0 bridgehead atoms. The minimum Gasteiger partial charge on any atom is -0.394 e.